The van der Waals surface area contributed by atoms with Gasteiger partial charge in [0.15, 0.2) is 0 Å². The minimum absolute atomic E-state index is 0.121. The minimum atomic E-state index is -2.52. The van der Waals surface area contributed by atoms with E-state index >= 15 is 0 Å². The summed E-state index contributed by atoms with van der Waals surface area (Å²) in [4.78, 5) is 0. The SMILES string of the molecule is CNCc1nnn(C)c1C(F)F. The van der Waals surface area contributed by atoms with Gasteiger partial charge in [-0.15, -0.1) is 5.10 Å². The minimum Gasteiger partial charge on any atom is -0.314 e. The van der Waals surface area contributed by atoms with Crippen LogP contribution in [-0.2, 0) is 13.6 Å². The summed E-state index contributed by atoms with van der Waals surface area (Å²) in [5, 5.41) is 9.84. The van der Waals surface area contributed by atoms with Gasteiger partial charge < -0.3 is 5.32 Å². The van der Waals surface area contributed by atoms with Crippen LogP contribution in [0.2, 0.25) is 0 Å². The highest BCUT2D eigenvalue weighted by Crippen LogP contribution is 2.19. The van der Waals surface area contributed by atoms with Crippen molar-refractivity contribution in [1.29, 1.82) is 0 Å². The van der Waals surface area contributed by atoms with Crippen LogP contribution in [0, 0.1) is 0 Å². The van der Waals surface area contributed by atoms with Crippen molar-refractivity contribution in [3.63, 3.8) is 0 Å². The number of rotatable bonds is 3. The molecular weight excluding hydrogens is 166 g/mol. The molecule has 0 saturated heterocycles. The third-order valence-electron chi connectivity index (χ3n) is 1.49. The molecule has 0 saturated carbocycles. The van der Waals surface area contributed by atoms with Crippen molar-refractivity contribution in [2.24, 2.45) is 7.05 Å². The van der Waals surface area contributed by atoms with E-state index in [0.717, 1.165) is 4.68 Å². The topological polar surface area (TPSA) is 42.7 Å². The Balaban J connectivity index is 2.95. The quantitative estimate of drug-likeness (QED) is 0.728. The molecule has 6 heteroatoms. The first-order valence-corrected chi connectivity index (χ1v) is 3.48. The van der Waals surface area contributed by atoms with Crippen LogP contribution < -0.4 is 5.32 Å². The average molecular weight is 176 g/mol. The summed E-state index contributed by atoms with van der Waals surface area (Å²) in [5.74, 6) is 0. The molecule has 0 aromatic carbocycles. The third kappa shape index (κ3) is 1.58. The van der Waals surface area contributed by atoms with Gasteiger partial charge in [0.2, 0.25) is 0 Å². The van der Waals surface area contributed by atoms with Gasteiger partial charge in [0.05, 0.1) is 0 Å². The van der Waals surface area contributed by atoms with E-state index in [1.807, 2.05) is 0 Å². The van der Waals surface area contributed by atoms with Crippen LogP contribution in [0.1, 0.15) is 17.8 Å². The highest BCUT2D eigenvalue weighted by atomic mass is 19.3. The highest BCUT2D eigenvalue weighted by molar-refractivity contribution is 5.10. The van der Waals surface area contributed by atoms with E-state index in [4.69, 9.17) is 0 Å². The van der Waals surface area contributed by atoms with E-state index in [9.17, 15) is 8.78 Å². The van der Waals surface area contributed by atoms with Crippen LogP contribution >= 0.6 is 0 Å². The fourth-order valence-corrected chi connectivity index (χ4v) is 0.968. The number of nitrogens with one attached hydrogen (secondary N) is 1. The summed E-state index contributed by atoms with van der Waals surface area (Å²) >= 11 is 0. The first-order valence-electron chi connectivity index (χ1n) is 3.48. The molecule has 68 valence electrons. The van der Waals surface area contributed by atoms with E-state index < -0.39 is 6.43 Å². The van der Waals surface area contributed by atoms with E-state index in [-0.39, 0.29) is 5.69 Å². The number of halogens is 2. The number of aromatic nitrogens is 3. The Morgan fingerprint density at radius 3 is 2.75 bits per heavy atom. The zero-order valence-electron chi connectivity index (χ0n) is 6.88. The molecule has 1 aromatic heterocycles. The fourth-order valence-electron chi connectivity index (χ4n) is 0.968. The first kappa shape index (κ1) is 9.05. The van der Waals surface area contributed by atoms with Crippen LogP contribution in [0.15, 0.2) is 0 Å². The van der Waals surface area contributed by atoms with Gasteiger partial charge in [0.1, 0.15) is 11.4 Å². The predicted octanol–water partition coefficient (Wildman–Crippen LogP) is 0.472. The van der Waals surface area contributed by atoms with Crippen LogP contribution in [-0.4, -0.2) is 22.0 Å². The maximum Gasteiger partial charge on any atom is 0.281 e. The molecular formula is C6H10F2N4. The monoisotopic (exact) mass is 176 g/mol. The summed E-state index contributed by atoms with van der Waals surface area (Å²) in [6.07, 6.45) is -2.52. The van der Waals surface area contributed by atoms with Crippen molar-refractivity contribution in [3.8, 4) is 0 Å². The number of alkyl halides is 2. The van der Waals surface area contributed by atoms with Gasteiger partial charge in [-0.3, -0.25) is 0 Å². The smallest absolute Gasteiger partial charge is 0.281 e. The zero-order chi connectivity index (χ0) is 9.14. The van der Waals surface area contributed by atoms with Gasteiger partial charge >= 0.3 is 0 Å². The standard InChI is InChI=1S/C6H10F2N4/c1-9-3-4-5(6(7)8)12(2)11-10-4/h6,9H,3H2,1-2H3. The molecule has 0 unspecified atom stereocenters. The lowest BCUT2D eigenvalue weighted by Crippen LogP contribution is -2.09. The van der Waals surface area contributed by atoms with E-state index in [2.05, 4.69) is 15.6 Å². The highest BCUT2D eigenvalue weighted by Gasteiger charge is 2.18. The van der Waals surface area contributed by atoms with Crippen molar-refractivity contribution in [1.82, 2.24) is 20.3 Å². The van der Waals surface area contributed by atoms with Gasteiger partial charge in [-0.2, -0.15) is 0 Å². The Morgan fingerprint density at radius 2 is 2.25 bits per heavy atom. The summed E-state index contributed by atoms with van der Waals surface area (Å²) in [5.41, 5.74) is 0.180. The van der Waals surface area contributed by atoms with Crippen molar-refractivity contribution in [2.75, 3.05) is 7.05 Å². The summed E-state index contributed by atoms with van der Waals surface area (Å²) in [6.45, 7) is 0.313. The molecule has 0 fully saturated rings. The number of hydrogen-bond acceptors (Lipinski definition) is 3. The molecule has 12 heavy (non-hydrogen) atoms. The number of nitrogens with zero attached hydrogens (tertiary/aromatic N) is 3. The molecule has 0 atom stereocenters. The molecule has 1 N–H and O–H groups in total. The largest absolute Gasteiger partial charge is 0.314 e. The lowest BCUT2D eigenvalue weighted by molar-refractivity contribution is 0.139. The molecule has 4 nitrogen and oxygen atoms in total. The van der Waals surface area contributed by atoms with E-state index in [0.29, 0.717) is 12.2 Å². The van der Waals surface area contributed by atoms with Crippen LogP contribution in [0.25, 0.3) is 0 Å². The predicted molar refractivity (Wildman–Crippen MR) is 38.7 cm³/mol. The van der Waals surface area contributed by atoms with E-state index in [1.165, 1.54) is 7.05 Å². The first-order chi connectivity index (χ1) is 5.66. The molecule has 0 spiro atoms. The molecule has 0 amide bonds. The van der Waals surface area contributed by atoms with Crippen molar-refractivity contribution < 1.29 is 8.78 Å². The second-order valence-electron chi connectivity index (χ2n) is 2.38. The summed E-state index contributed by atoms with van der Waals surface area (Å²) in [7, 11) is 3.12. The Morgan fingerprint density at radius 1 is 1.58 bits per heavy atom. The Bertz CT molecular complexity index is 258. The van der Waals surface area contributed by atoms with Crippen molar-refractivity contribution >= 4 is 0 Å². The second-order valence-corrected chi connectivity index (χ2v) is 2.38. The average Bonchev–Trinajstić information content (AvgIpc) is 2.32. The normalized spacial score (nSPS) is 11.1. The zero-order valence-corrected chi connectivity index (χ0v) is 6.88. The lowest BCUT2D eigenvalue weighted by Gasteiger charge is -2.01. The molecule has 0 bridgehead atoms. The van der Waals surface area contributed by atoms with Crippen LogP contribution in [0.4, 0.5) is 8.78 Å². The maximum absolute atomic E-state index is 12.3. The molecule has 0 radical (unpaired) electrons. The van der Waals surface area contributed by atoms with Crippen molar-refractivity contribution in [2.45, 2.75) is 13.0 Å². The second kappa shape index (κ2) is 3.57. The third-order valence-corrected chi connectivity index (χ3v) is 1.49. The van der Waals surface area contributed by atoms with Gasteiger partial charge in [0.25, 0.3) is 6.43 Å². The van der Waals surface area contributed by atoms with Gasteiger partial charge in [-0.1, -0.05) is 5.21 Å². The van der Waals surface area contributed by atoms with Gasteiger partial charge in [0, 0.05) is 13.6 Å². The molecule has 1 heterocycles. The Kier molecular flexibility index (Phi) is 2.69. The van der Waals surface area contributed by atoms with Gasteiger partial charge in [-0.05, 0) is 7.05 Å². The Labute approximate surface area is 68.6 Å². The van der Waals surface area contributed by atoms with Crippen LogP contribution in [0.3, 0.4) is 0 Å². The van der Waals surface area contributed by atoms with Crippen molar-refractivity contribution in [3.05, 3.63) is 11.4 Å². The maximum atomic E-state index is 12.3. The lowest BCUT2D eigenvalue weighted by atomic mass is 10.3. The number of aryl methyl sites for hydroxylation is 1. The molecule has 0 aliphatic rings. The van der Waals surface area contributed by atoms with E-state index in [1.54, 1.807) is 7.05 Å². The summed E-state index contributed by atoms with van der Waals surface area (Å²) in [6, 6.07) is 0. The molecule has 0 aliphatic carbocycles. The molecule has 1 rings (SSSR count). The van der Waals surface area contributed by atoms with Gasteiger partial charge in [-0.25, -0.2) is 13.5 Å². The van der Waals surface area contributed by atoms with Crippen LogP contribution in [0.5, 0.6) is 0 Å². The summed E-state index contributed by atoms with van der Waals surface area (Å²) < 4.78 is 25.7. The molecule has 1 aromatic rings. The molecule has 0 aliphatic heterocycles. The number of hydrogen-bond donors (Lipinski definition) is 1. The fraction of sp³-hybridized carbons (Fsp3) is 0.667. The Hall–Kier alpha value is -1.04.